The Morgan fingerprint density at radius 2 is 1.91 bits per heavy atom. The molecule has 9 heteroatoms. The minimum absolute atomic E-state index is 0.0827. The van der Waals surface area contributed by atoms with Gasteiger partial charge in [0, 0.05) is 54.9 Å². The van der Waals surface area contributed by atoms with Crippen LogP contribution in [0.25, 0.3) is 5.70 Å². The van der Waals surface area contributed by atoms with E-state index >= 15 is 0 Å². The van der Waals surface area contributed by atoms with Gasteiger partial charge in [0.15, 0.2) is 0 Å². The molecule has 0 spiro atoms. The third kappa shape index (κ3) is 7.60. The van der Waals surface area contributed by atoms with Gasteiger partial charge < -0.3 is 27.0 Å². The zero-order chi connectivity index (χ0) is 25.3. The zero-order valence-corrected chi connectivity index (χ0v) is 19.9. The molecule has 0 amide bonds. The number of hydrogen-bond acceptors (Lipinski definition) is 5. The summed E-state index contributed by atoms with van der Waals surface area (Å²) in [6.45, 7) is 9.12. The van der Waals surface area contributed by atoms with Crippen molar-refractivity contribution >= 4 is 17.2 Å². The summed E-state index contributed by atoms with van der Waals surface area (Å²) < 4.78 is 40.4. The number of halogens is 3. The van der Waals surface area contributed by atoms with Gasteiger partial charge in [0.05, 0.1) is 18.2 Å². The predicted octanol–water partition coefficient (Wildman–Crippen LogP) is 4.09. The molecule has 1 saturated heterocycles. The largest absolute Gasteiger partial charge is 0.416 e. The summed E-state index contributed by atoms with van der Waals surface area (Å²) in [7, 11) is 0. The Morgan fingerprint density at radius 3 is 2.63 bits per heavy atom. The third-order valence-corrected chi connectivity index (χ3v) is 5.59. The van der Waals surface area contributed by atoms with Crippen molar-refractivity contribution in [2.45, 2.75) is 32.1 Å². The van der Waals surface area contributed by atoms with E-state index in [-0.39, 0.29) is 18.2 Å². The maximum atomic E-state index is 13.5. The monoisotopic (exact) mass is 486 g/mol. The molecule has 2 aromatic carbocycles. The van der Waals surface area contributed by atoms with E-state index in [4.69, 9.17) is 5.73 Å². The second kappa shape index (κ2) is 12.4. The number of aliphatic imine (C=N–C) groups is 1. The molecule has 6 N–H and O–H groups in total. The molecule has 35 heavy (non-hydrogen) atoms. The van der Waals surface area contributed by atoms with Crippen LogP contribution in [-0.4, -0.2) is 38.1 Å². The van der Waals surface area contributed by atoms with E-state index in [1.807, 2.05) is 24.3 Å². The van der Waals surface area contributed by atoms with Gasteiger partial charge in [-0.3, -0.25) is 4.99 Å². The molecule has 0 radical (unpaired) electrons. The second-order valence-electron chi connectivity index (χ2n) is 8.29. The van der Waals surface area contributed by atoms with Gasteiger partial charge in [-0.25, -0.2) is 0 Å². The molecular formula is C26H33F3N6. The van der Waals surface area contributed by atoms with Crippen LogP contribution in [0.3, 0.4) is 0 Å². The Morgan fingerprint density at radius 1 is 1.17 bits per heavy atom. The van der Waals surface area contributed by atoms with Crippen LogP contribution in [0.1, 0.15) is 30.0 Å². The minimum Gasteiger partial charge on any atom is -0.401 e. The van der Waals surface area contributed by atoms with Crippen LogP contribution < -0.4 is 27.0 Å². The van der Waals surface area contributed by atoms with Crippen molar-refractivity contribution in [2.24, 2.45) is 10.7 Å². The summed E-state index contributed by atoms with van der Waals surface area (Å²) in [5.41, 5.74) is 8.56. The van der Waals surface area contributed by atoms with Crippen molar-refractivity contribution in [1.82, 2.24) is 16.0 Å². The molecule has 2 aromatic rings. The molecule has 0 aliphatic carbocycles. The van der Waals surface area contributed by atoms with Gasteiger partial charge in [-0.05, 0) is 24.1 Å². The van der Waals surface area contributed by atoms with Gasteiger partial charge in [0.25, 0.3) is 0 Å². The summed E-state index contributed by atoms with van der Waals surface area (Å²) in [5.74, 6) is 0.335. The molecule has 1 atom stereocenters. The average Bonchev–Trinajstić information content (AvgIpc) is 2.86. The quantitative estimate of drug-likeness (QED) is 0.272. The number of anilines is 1. The van der Waals surface area contributed by atoms with Gasteiger partial charge in [-0.15, -0.1) is 0 Å². The van der Waals surface area contributed by atoms with Crippen molar-refractivity contribution in [2.75, 3.05) is 31.5 Å². The number of piperazine rings is 1. The summed E-state index contributed by atoms with van der Waals surface area (Å²) in [6, 6.07) is 13.0. The SMILES string of the molecule is C=C(NC(/C=C(\N)C1CNCCN1)=NCc1ccccc1C(F)(F)F)c1ccccc1NCCC. The van der Waals surface area contributed by atoms with Crippen LogP contribution in [0.15, 0.2) is 71.9 Å². The molecule has 1 unspecified atom stereocenters. The standard InChI is InChI=1S/C26H33F3N6/c1-3-12-32-23-11-7-5-9-20(23)18(2)35-25(15-22(30)24-17-31-13-14-33-24)34-16-19-8-4-6-10-21(19)26(27,28)29/h4-11,15,24,31-33H,2-3,12-14,16-17,30H2,1H3,(H,34,35)/b22-15-. The van der Waals surface area contributed by atoms with E-state index in [9.17, 15) is 13.2 Å². The molecule has 0 bridgehead atoms. The van der Waals surface area contributed by atoms with Crippen LogP contribution >= 0.6 is 0 Å². The molecule has 6 nitrogen and oxygen atoms in total. The first-order valence-corrected chi connectivity index (χ1v) is 11.7. The summed E-state index contributed by atoms with van der Waals surface area (Å²) >= 11 is 0. The molecule has 188 valence electrons. The van der Waals surface area contributed by atoms with Crippen molar-refractivity contribution in [3.05, 3.63) is 83.6 Å². The highest BCUT2D eigenvalue weighted by Gasteiger charge is 2.32. The van der Waals surface area contributed by atoms with E-state index < -0.39 is 11.7 Å². The Hall–Kier alpha value is -3.30. The minimum atomic E-state index is -4.46. The lowest BCUT2D eigenvalue weighted by Gasteiger charge is -2.25. The van der Waals surface area contributed by atoms with Crippen molar-refractivity contribution < 1.29 is 13.2 Å². The molecule has 1 heterocycles. The van der Waals surface area contributed by atoms with Crippen molar-refractivity contribution in [1.29, 1.82) is 0 Å². The first-order chi connectivity index (χ1) is 16.8. The maximum absolute atomic E-state index is 13.5. The lowest BCUT2D eigenvalue weighted by Crippen LogP contribution is -2.50. The molecule has 1 aliphatic heterocycles. The van der Waals surface area contributed by atoms with Gasteiger partial charge in [-0.1, -0.05) is 49.9 Å². The van der Waals surface area contributed by atoms with Crippen LogP contribution in [0.2, 0.25) is 0 Å². The maximum Gasteiger partial charge on any atom is 0.416 e. The average molecular weight is 487 g/mol. The van der Waals surface area contributed by atoms with E-state index in [2.05, 4.69) is 39.8 Å². The zero-order valence-electron chi connectivity index (χ0n) is 19.9. The number of nitrogens with zero attached hydrogens (tertiary/aromatic N) is 1. The number of alkyl halides is 3. The van der Waals surface area contributed by atoms with Crippen molar-refractivity contribution in [3.63, 3.8) is 0 Å². The van der Waals surface area contributed by atoms with Crippen LogP contribution in [0.4, 0.5) is 18.9 Å². The van der Waals surface area contributed by atoms with E-state index in [1.54, 1.807) is 12.1 Å². The van der Waals surface area contributed by atoms with Gasteiger partial charge in [0.1, 0.15) is 5.84 Å². The lowest BCUT2D eigenvalue weighted by atomic mass is 10.1. The van der Waals surface area contributed by atoms with Crippen LogP contribution in [-0.2, 0) is 12.7 Å². The molecule has 1 fully saturated rings. The number of hydrogen-bond donors (Lipinski definition) is 5. The van der Waals surface area contributed by atoms with Gasteiger partial charge in [0.2, 0.25) is 0 Å². The summed E-state index contributed by atoms with van der Waals surface area (Å²) in [5, 5.41) is 13.1. The number of amidine groups is 1. The Kier molecular flexibility index (Phi) is 9.33. The smallest absolute Gasteiger partial charge is 0.401 e. The number of nitrogens with two attached hydrogens (primary N) is 1. The molecule has 0 saturated carbocycles. The third-order valence-electron chi connectivity index (χ3n) is 5.59. The Balaban J connectivity index is 1.90. The normalized spacial score (nSPS) is 17.2. The molecule has 1 aliphatic rings. The van der Waals surface area contributed by atoms with E-state index in [1.165, 1.54) is 12.1 Å². The molecular weight excluding hydrogens is 453 g/mol. The highest BCUT2D eigenvalue weighted by molar-refractivity contribution is 6.00. The van der Waals surface area contributed by atoms with Crippen molar-refractivity contribution in [3.8, 4) is 0 Å². The van der Waals surface area contributed by atoms with E-state index in [0.717, 1.165) is 43.4 Å². The number of rotatable bonds is 9. The first-order valence-electron chi connectivity index (χ1n) is 11.7. The Bertz CT molecular complexity index is 1060. The summed E-state index contributed by atoms with van der Waals surface area (Å²) in [6.07, 6.45) is -1.84. The highest BCUT2D eigenvalue weighted by Crippen LogP contribution is 2.32. The highest BCUT2D eigenvalue weighted by atomic mass is 19.4. The fourth-order valence-corrected chi connectivity index (χ4v) is 3.76. The lowest BCUT2D eigenvalue weighted by molar-refractivity contribution is -0.138. The summed E-state index contributed by atoms with van der Waals surface area (Å²) in [4.78, 5) is 4.48. The second-order valence-corrected chi connectivity index (χ2v) is 8.29. The van der Waals surface area contributed by atoms with Gasteiger partial charge in [-0.2, -0.15) is 13.2 Å². The molecule has 0 aromatic heterocycles. The Labute approximate surface area is 204 Å². The number of nitrogens with one attached hydrogen (secondary N) is 4. The van der Waals surface area contributed by atoms with Crippen LogP contribution in [0, 0.1) is 0 Å². The predicted molar refractivity (Wildman–Crippen MR) is 137 cm³/mol. The topological polar surface area (TPSA) is 86.5 Å². The fraction of sp³-hybridized carbons (Fsp3) is 0.346. The van der Waals surface area contributed by atoms with Gasteiger partial charge >= 0.3 is 6.18 Å². The number of para-hydroxylation sites is 1. The van der Waals surface area contributed by atoms with E-state index in [0.29, 0.717) is 23.8 Å². The molecule has 3 rings (SSSR count). The van der Waals surface area contributed by atoms with Crippen LogP contribution in [0.5, 0.6) is 0 Å². The first kappa shape index (κ1) is 26.3. The number of benzene rings is 2. The fourth-order valence-electron chi connectivity index (χ4n) is 3.76.